The van der Waals surface area contributed by atoms with Gasteiger partial charge in [0.05, 0.1) is 6.04 Å². The fourth-order valence-electron chi connectivity index (χ4n) is 2.22. The minimum Gasteiger partial charge on any atom is -0.309 e. The van der Waals surface area contributed by atoms with Gasteiger partial charge in [-0.15, -0.1) is 0 Å². The third-order valence-corrected chi connectivity index (χ3v) is 3.30. The molecule has 1 unspecified atom stereocenters. The largest absolute Gasteiger partial charge is 0.309 e. The molecule has 1 aromatic carbocycles. The average molecular weight is 240 g/mol. The van der Waals surface area contributed by atoms with E-state index >= 15 is 0 Å². The van der Waals surface area contributed by atoms with Crippen molar-refractivity contribution in [3.8, 4) is 0 Å². The van der Waals surface area contributed by atoms with E-state index in [2.05, 4.69) is 54.5 Å². The Balaban J connectivity index is 2.44. The van der Waals surface area contributed by atoms with Crippen LogP contribution in [-0.4, -0.2) is 12.0 Å². The molecule has 1 N–H and O–H groups in total. The predicted octanol–water partition coefficient (Wildman–Crippen LogP) is 3.32. The molecule has 2 heteroatoms. The Hall–Kier alpha value is -1.67. The number of aromatic nitrogens is 1. The van der Waals surface area contributed by atoms with Crippen LogP contribution in [-0.2, 0) is 0 Å². The van der Waals surface area contributed by atoms with E-state index in [1.807, 2.05) is 20.2 Å². The molecule has 0 aliphatic rings. The van der Waals surface area contributed by atoms with Crippen LogP contribution in [0.15, 0.2) is 36.5 Å². The predicted molar refractivity (Wildman–Crippen MR) is 75.8 cm³/mol. The summed E-state index contributed by atoms with van der Waals surface area (Å²) in [6.07, 6.45) is 1.96. The van der Waals surface area contributed by atoms with Crippen LogP contribution in [0.5, 0.6) is 0 Å². The Labute approximate surface area is 109 Å². The zero-order valence-corrected chi connectivity index (χ0v) is 11.5. The summed E-state index contributed by atoms with van der Waals surface area (Å²) < 4.78 is 0. The maximum absolute atomic E-state index is 4.39. The van der Waals surface area contributed by atoms with Crippen LogP contribution in [0.3, 0.4) is 0 Å². The van der Waals surface area contributed by atoms with Gasteiger partial charge >= 0.3 is 0 Å². The molecule has 0 fully saturated rings. The minimum atomic E-state index is 0.206. The first-order valence-electron chi connectivity index (χ1n) is 6.29. The lowest BCUT2D eigenvalue weighted by Gasteiger charge is -2.19. The van der Waals surface area contributed by atoms with Gasteiger partial charge in [0.25, 0.3) is 0 Å². The van der Waals surface area contributed by atoms with Crippen molar-refractivity contribution in [2.75, 3.05) is 7.05 Å². The molecule has 0 aliphatic carbocycles. The fraction of sp³-hybridized carbons (Fsp3) is 0.312. The number of benzene rings is 1. The van der Waals surface area contributed by atoms with Gasteiger partial charge in [0.1, 0.15) is 0 Å². The minimum absolute atomic E-state index is 0.206. The van der Waals surface area contributed by atoms with Crippen molar-refractivity contribution < 1.29 is 0 Å². The Kier molecular flexibility index (Phi) is 3.78. The highest BCUT2D eigenvalue weighted by Crippen LogP contribution is 2.25. The van der Waals surface area contributed by atoms with E-state index < -0.39 is 0 Å². The Morgan fingerprint density at radius 1 is 1.06 bits per heavy atom. The molecule has 0 radical (unpaired) electrons. The molecule has 0 bridgehead atoms. The number of hydrogen-bond acceptors (Lipinski definition) is 2. The fourth-order valence-corrected chi connectivity index (χ4v) is 2.22. The molecule has 1 aromatic heterocycles. The summed E-state index contributed by atoms with van der Waals surface area (Å²) in [6.45, 7) is 6.29. The maximum Gasteiger partial charge on any atom is 0.0592 e. The second kappa shape index (κ2) is 5.32. The topological polar surface area (TPSA) is 24.9 Å². The number of nitrogens with one attached hydrogen (secondary N) is 1. The van der Waals surface area contributed by atoms with Gasteiger partial charge in [-0.1, -0.05) is 29.8 Å². The van der Waals surface area contributed by atoms with Gasteiger partial charge in [-0.05, 0) is 50.6 Å². The van der Waals surface area contributed by atoms with Crippen molar-refractivity contribution in [2.24, 2.45) is 0 Å². The van der Waals surface area contributed by atoms with Crippen molar-refractivity contribution in [3.63, 3.8) is 0 Å². The van der Waals surface area contributed by atoms with Crippen LogP contribution in [0, 0.1) is 20.8 Å². The first-order valence-corrected chi connectivity index (χ1v) is 6.29. The van der Waals surface area contributed by atoms with Crippen LogP contribution < -0.4 is 5.32 Å². The first kappa shape index (κ1) is 12.8. The van der Waals surface area contributed by atoms with Crippen LogP contribution in [0.25, 0.3) is 0 Å². The third kappa shape index (κ3) is 2.59. The van der Waals surface area contributed by atoms with Gasteiger partial charge in [0.15, 0.2) is 0 Å². The third-order valence-electron chi connectivity index (χ3n) is 3.30. The molecule has 0 saturated carbocycles. The molecule has 0 spiro atoms. The van der Waals surface area contributed by atoms with Crippen LogP contribution in [0.4, 0.5) is 0 Å². The number of nitrogens with zero attached hydrogens (tertiary/aromatic N) is 1. The van der Waals surface area contributed by atoms with E-state index in [1.54, 1.807) is 0 Å². The second-order valence-electron chi connectivity index (χ2n) is 4.81. The van der Waals surface area contributed by atoms with E-state index in [4.69, 9.17) is 0 Å². The SMILES string of the molecule is CNC(c1ccc(C)nc1)c1cc(C)ccc1C. The lowest BCUT2D eigenvalue weighted by atomic mass is 9.94. The molecule has 0 amide bonds. The lowest BCUT2D eigenvalue weighted by molar-refractivity contribution is 0.683. The van der Waals surface area contributed by atoms with E-state index in [-0.39, 0.29) is 6.04 Å². The summed E-state index contributed by atoms with van der Waals surface area (Å²) in [7, 11) is 1.99. The van der Waals surface area contributed by atoms with E-state index in [0.29, 0.717) is 0 Å². The normalized spacial score (nSPS) is 12.4. The van der Waals surface area contributed by atoms with Gasteiger partial charge in [-0.3, -0.25) is 4.98 Å². The standard InChI is InChI=1S/C16H20N2/c1-11-5-6-12(2)15(9-11)16(17-4)14-8-7-13(3)18-10-14/h5-10,16-17H,1-4H3. The maximum atomic E-state index is 4.39. The lowest BCUT2D eigenvalue weighted by Crippen LogP contribution is -2.19. The van der Waals surface area contributed by atoms with E-state index in [9.17, 15) is 0 Å². The van der Waals surface area contributed by atoms with Crippen LogP contribution in [0.1, 0.15) is 34.0 Å². The molecular weight excluding hydrogens is 220 g/mol. The zero-order chi connectivity index (χ0) is 13.1. The van der Waals surface area contributed by atoms with Crippen LogP contribution >= 0.6 is 0 Å². The molecular formula is C16H20N2. The van der Waals surface area contributed by atoms with Gasteiger partial charge in [0, 0.05) is 11.9 Å². The highest BCUT2D eigenvalue weighted by Gasteiger charge is 2.14. The summed E-state index contributed by atoms with van der Waals surface area (Å²) in [5.41, 5.74) is 6.17. The number of hydrogen-bond donors (Lipinski definition) is 1. The summed E-state index contributed by atoms with van der Waals surface area (Å²) >= 11 is 0. The summed E-state index contributed by atoms with van der Waals surface area (Å²) in [6, 6.07) is 11.0. The van der Waals surface area contributed by atoms with Gasteiger partial charge in [-0.2, -0.15) is 0 Å². The number of aryl methyl sites for hydroxylation is 3. The van der Waals surface area contributed by atoms with E-state index in [0.717, 1.165) is 5.69 Å². The van der Waals surface area contributed by atoms with Crippen molar-refractivity contribution in [3.05, 3.63) is 64.5 Å². The summed E-state index contributed by atoms with van der Waals surface area (Å²) in [5, 5.41) is 3.38. The number of pyridine rings is 1. The average Bonchev–Trinajstić information content (AvgIpc) is 2.37. The van der Waals surface area contributed by atoms with Crippen molar-refractivity contribution in [1.29, 1.82) is 0 Å². The zero-order valence-electron chi connectivity index (χ0n) is 11.5. The molecule has 94 valence electrons. The Morgan fingerprint density at radius 3 is 2.44 bits per heavy atom. The highest BCUT2D eigenvalue weighted by atomic mass is 14.9. The summed E-state index contributed by atoms with van der Waals surface area (Å²) in [5.74, 6) is 0. The second-order valence-corrected chi connectivity index (χ2v) is 4.81. The molecule has 0 saturated heterocycles. The van der Waals surface area contributed by atoms with Crippen molar-refractivity contribution in [2.45, 2.75) is 26.8 Å². The Bertz CT molecular complexity index is 529. The quantitative estimate of drug-likeness (QED) is 0.890. The van der Waals surface area contributed by atoms with Crippen LogP contribution in [0.2, 0.25) is 0 Å². The summed E-state index contributed by atoms with van der Waals surface area (Å²) in [4.78, 5) is 4.39. The van der Waals surface area contributed by atoms with E-state index in [1.165, 1.54) is 22.3 Å². The molecule has 1 atom stereocenters. The van der Waals surface area contributed by atoms with Crippen molar-refractivity contribution in [1.82, 2.24) is 10.3 Å². The molecule has 1 heterocycles. The molecule has 18 heavy (non-hydrogen) atoms. The smallest absolute Gasteiger partial charge is 0.0592 e. The first-order chi connectivity index (χ1) is 8.61. The molecule has 0 aliphatic heterocycles. The highest BCUT2D eigenvalue weighted by molar-refractivity contribution is 5.38. The van der Waals surface area contributed by atoms with Gasteiger partial charge in [-0.25, -0.2) is 0 Å². The molecule has 2 rings (SSSR count). The molecule has 2 nitrogen and oxygen atoms in total. The monoisotopic (exact) mass is 240 g/mol. The Morgan fingerprint density at radius 2 is 1.83 bits per heavy atom. The molecule has 2 aromatic rings. The van der Waals surface area contributed by atoms with Gasteiger partial charge < -0.3 is 5.32 Å². The van der Waals surface area contributed by atoms with Gasteiger partial charge in [0.2, 0.25) is 0 Å². The number of rotatable bonds is 3. The van der Waals surface area contributed by atoms with Crippen molar-refractivity contribution >= 4 is 0 Å².